The van der Waals surface area contributed by atoms with Gasteiger partial charge >= 0.3 is 37.7 Å². The molecule has 0 saturated heterocycles. The van der Waals surface area contributed by atoms with Crippen LogP contribution in [-0.2, 0) is 10.1 Å². The van der Waals surface area contributed by atoms with Crippen LogP contribution < -0.4 is 0 Å². The van der Waals surface area contributed by atoms with Crippen LogP contribution >= 0.6 is 0 Å². The van der Waals surface area contributed by atoms with E-state index in [9.17, 15) is 13.0 Å². The average molecular weight is 326 g/mol. The van der Waals surface area contributed by atoms with E-state index in [1.807, 2.05) is 36.4 Å². The monoisotopic (exact) mass is 326 g/mol. The third kappa shape index (κ3) is 3.00. The molecule has 3 aromatic carbocycles. The molecule has 0 aliphatic rings. The van der Waals surface area contributed by atoms with E-state index in [1.54, 1.807) is 12.1 Å². The first-order valence-corrected chi connectivity index (χ1v) is 7.50. The summed E-state index contributed by atoms with van der Waals surface area (Å²) in [6.07, 6.45) is 1.43. The third-order valence-corrected chi connectivity index (χ3v) is 4.32. The molecular formula is C16H14CaO3S. The predicted molar refractivity (Wildman–Crippen MR) is 89.9 cm³/mol. The van der Waals surface area contributed by atoms with Gasteiger partial charge in [-0.15, -0.1) is 0 Å². The van der Waals surface area contributed by atoms with Gasteiger partial charge in [0.15, 0.2) is 0 Å². The minimum atomic E-state index is -4.31. The Morgan fingerprint density at radius 3 is 2.14 bits per heavy atom. The van der Waals surface area contributed by atoms with Crippen molar-refractivity contribution in [1.82, 2.24) is 0 Å². The molecule has 0 amide bonds. The zero-order chi connectivity index (χ0) is 14.3. The standard InChI is InChI=1S/C16H12O3S.Ca.2H/c1-2-11-7-8-14-9-12-5-3-4-6-13(12)10-15(14)16(11)20(17,18)19;;;/h2-10H,1H2,(H,17,18,19);;;. The fourth-order valence-electron chi connectivity index (χ4n) is 2.45. The minimum absolute atomic E-state index is 0. The van der Waals surface area contributed by atoms with Crippen LogP contribution in [0.3, 0.4) is 0 Å². The Morgan fingerprint density at radius 1 is 0.952 bits per heavy atom. The molecule has 3 rings (SSSR count). The summed E-state index contributed by atoms with van der Waals surface area (Å²) in [5, 5.41) is 3.21. The van der Waals surface area contributed by atoms with Gasteiger partial charge < -0.3 is 0 Å². The van der Waals surface area contributed by atoms with Crippen LogP contribution in [0, 0.1) is 0 Å². The van der Waals surface area contributed by atoms with E-state index in [1.165, 1.54) is 6.08 Å². The van der Waals surface area contributed by atoms with Gasteiger partial charge in [0.05, 0.1) is 0 Å². The molecule has 0 saturated carbocycles. The van der Waals surface area contributed by atoms with Crippen LogP contribution in [0.15, 0.2) is 60.0 Å². The van der Waals surface area contributed by atoms with Gasteiger partial charge in [-0.25, -0.2) is 0 Å². The van der Waals surface area contributed by atoms with Gasteiger partial charge in [-0.1, -0.05) is 49.1 Å². The van der Waals surface area contributed by atoms with E-state index in [0.717, 1.165) is 16.2 Å². The van der Waals surface area contributed by atoms with Crippen molar-refractivity contribution in [3.8, 4) is 0 Å². The summed E-state index contributed by atoms with van der Waals surface area (Å²) in [5.74, 6) is 0. The van der Waals surface area contributed by atoms with E-state index in [0.29, 0.717) is 10.9 Å². The Balaban J connectivity index is 0.00000161. The molecule has 0 spiro atoms. The van der Waals surface area contributed by atoms with Crippen LogP contribution in [-0.4, -0.2) is 50.7 Å². The van der Waals surface area contributed by atoms with Crippen LogP contribution in [0.1, 0.15) is 5.56 Å². The molecule has 3 aromatic rings. The number of rotatable bonds is 2. The normalized spacial score (nSPS) is 11.3. The summed E-state index contributed by atoms with van der Waals surface area (Å²) in [4.78, 5) is -0.0873. The number of benzene rings is 3. The molecule has 5 heteroatoms. The van der Waals surface area contributed by atoms with Crippen LogP contribution in [0.5, 0.6) is 0 Å². The molecule has 0 bridgehead atoms. The summed E-state index contributed by atoms with van der Waals surface area (Å²) >= 11 is 0. The second kappa shape index (κ2) is 6.07. The van der Waals surface area contributed by atoms with E-state index >= 15 is 0 Å². The summed E-state index contributed by atoms with van der Waals surface area (Å²) in [6, 6.07) is 14.8. The molecule has 0 unspecified atom stereocenters. The van der Waals surface area contributed by atoms with Crippen molar-refractivity contribution < 1.29 is 13.0 Å². The molecule has 1 N–H and O–H groups in total. The summed E-state index contributed by atoms with van der Waals surface area (Å²) < 4.78 is 32.8. The Bertz CT molecular complexity index is 946. The summed E-state index contributed by atoms with van der Waals surface area (Å²) in [5.41, 5.74) is 0.398. The first kappa shape index (κ1) is 16.5. The molecular weight excluding hydrogens is 312 g/mol. The van der Waals surface area contributed by atoms with E-state index in [-0.39, 0.29) is 42.6 Å². The van der Waals surface area contributed by atoms with Crippen molar-refractivity contribution in [3.63, 3.8) is 0 Å². The number of fused-ring (bicyclic) bond motifs is 2. The Labute approximate surface area is 153 Å². The van der Waals surface area contributed by atoms with Crippen LogP contribution in [0.2, 0.25) is 0 Å². The second-order valence-electron chi connectivity index (χ2n) is 4.58. The van der Waals surface area contributed by atoms with Crippen molar-refractivity contribution in [1.29, 1.82) is 0 Å². The van der Waals surface area contributed by atoms with Crippen LogP contribution in [0.25, 0.3) is 27.6 Å². The Morgan fingerprint density at radius 2 is 1.57 bits per heavy atom. The first-order valence-electron chi connectivity index (χ1n) is 6.06. The molecule has 0 radical (unpaired) electrons. The van der Waals surface area contributed by atoms with Crippen LogP contribution in [0.4, 0.5) is 0 Å². The van der Waals surface area contributed by atoms with Crippen molar-refractivity contribution in [2.75, 3.05) is 0 Å². The SMILES string of the molecule is C=Cc1ccc2cc3ccccc3cc2c1S(=O)(=O)O.[CaH2]. The van der Waals surface area contributed by atoms with Gasteiger partial charge in [0.25, 0.3) is 10.1 Å². The van der Waals surface area contributed by atoms with E-state index < -0.39 is 10.1 Å². The molecule has 0 atom stereocenters. The zero-order valence-electron chi connectivity index (χ0n) is 10.6. The maximum atomic E-state index is 11.7. The molecule has 0 aliphatic heterocycles. The molecule has 0 heterocycles. The third-order valence-electron chi connectivity index (χ3n) is 3.34. The van der Waals surface area contributed by atoms with Gasteiger partial charge in [0, 0.05) is 5.39 Å². The second-order valence-corrected chi connectivity index (χ2v) is 5.94. The molecule has 0 aliphatic carbocycles. The summed E-state index contributed by atoms with van der Waals surface area (Å²) in [7, 11) is -4.31. The molecule has 21 heavy (non-hydrogen) atoms. The van der Waals surface area contributed by atoms with Gasteiger partial charge in [-0.05, 0) is 33.9 Å². The summed E-state index contributed by atoms with van der Waals surface area (Å²) in [6.45, 7) is 3.60. The van der Waals surface area contributed by atoms with Crippen molar-refractivity contribution in [2.45, 2.75) is 4.90 Å². The fourth-order valence-corrected chi connectivity index (χ4v) is 3.36. The zero-order valence-corrected chi connectivity index (χ0v) is 11.4. The molecule has 0 fully saturated rings. The molecule has 104 valence electrons. The van der Waals surface area contributed by atoms with Gasteiger partial charge in [0.2, 0.25) is 0 Å². The number of hydrogen-bond acceptors (Lipinski definition) is 2. The van der Waals surface area contributed by atoms with Gasteiger partial charge in [-0.3, -0.25) is 4.55 Å². The van der Waals surface area contributed by atoms with E-state index in [2.05, 4.69) is 6.58 Å². The van der Waals surface area contributed by atoms with Crippen molar-refractivity contribution in [3.05, 3.63) is 60.7 Å². The van der Waals surface area contributed by atoms with Crippen molar-refractivity contribution in [2.24, 2.45) is 0 Å². The number of hydrogen-bond donors (Lipinski definition) is 1. The van der Waals surface area contributed by atoms with Gasteiger partial charge in [-0.2, -0.15) is 8.42 Å². The van der Waals surface area contributed by atoms with E-state index in [4.69, 9.17) is 0 Å². The molecule has 3 nitrogen and oxygen atoms in total. The predicted octanol–water partition coefficient (Wildman–Crippen LogP) is 2.97. The molecule has 0 aromatic heterocycles. The van der Waals surface area contributed by atoms with Gasteiger partial charge in [0.1, 0.15) is 4.90 Å². The average Bonchev–Trinajstić information content (AvgIpc) is 2.42. The quantitative estimate of drug-likeness (QED) is 0.447. The first-order chi connectivity index (χ1) is 9.50. The van der Waals surface area contributed by atoms with Crippen molar-refractivity contribution >= 4 is 75.5 Å². The fraction of sp³-hybridized carbons (Fsp3) is 0. The Kier molecular flexibility index (Phi) is 4.75. The topological polar surface area (TPSA) is 54.4 Å². The Hall–Kier alpha value is -0.910. The maximum absolute atomic E-state index is 11.7.